The van der Waals surface area contributed by atoms with Crippen molar-refractivity contribution in [1.82, 2.24) is 14.3 Å². The molecule has 0 unspecified atom stereocenters. The number of hydrogen-bond donors (Lipinski definition) is 0. The van der Waals surface area contributed by atoms with Crippen molar-refractivity contribution in [2.75, 3.05) is 0 Å². The fraction of sp³-hybridized carbons (Fsp3) is 0.333. The van der Waals surface area contributed by atoms with Gasteiger partial charge in [-0.2, -0.15) is 4.68 Å². The predicted molar refractivity (Wildman–Crippen MR) is 97.3 cm³/mol. The highest BCUT2D eigenvalue weighted by Gasteiger charge is 2.38. The highest BCUT2D eigenvalue weighted by atomic mass is 16.2. The van der Waals surface area contributed by atoms with Crippen molar-refractivity contribution in [2.45, 2.75) is 44.1 Å². The summed E-state index contributed by atoms with van der Waals surface area (Å²) in [4.78, 5) is 13.0. The SMILES string of the molecule is CC1(c2ccc(-n3nc4n(c3=O)[C@H](c3ccccc3)CC4)cc2)CC1. The van der Waals surface area contributed by atoms with Gasteiger partial charge in [0.25, 0.3) is 0 Å². The van der Waals surface area contributed by atoms with Crippen LogP contribution in [-0.2, 0) is 11.8 Å². The van der Waals surface area contributed by atoms with Crippen LogP contribution >= 0.6 is 0 Å². The van der Waals surface area contributed by atoms with E-state index in [0.29, 0.717) is 5.41 Å². The molecule has 2 aromatic carbocycles. The first-order chi connectivity index (χ1) is 12.2. The highest BCUT2D eigenvalue weighted by molar-refractivity contribution is 5.39. The Morgan fingerprint density at radius 3 is 2.44 bits per heavy atom. The molecule has 4 heteroatoms. The number of hydrogen-bond acceptors (Lipinski definition) is 2. The highest BCUT2D eigenvalue weighted by Crippen LogP contribution is 2.47. The van der Waals surface area contributed by atoms with Crippen LogP contribution in [0, 0.1) is 0 Å². The van der Waals surface area contributed by atoms with Crippen molar-refractivity contribution in [2.24, 2.45) is 0 Å². The van der Waals surface area contributed by atoms with Crippen LogP contribution in [0.5, 0.6) is 0 Å². The molecule has 3 aromatic rings. The summed E-state index contributed by atoms with van der Waals surface area (Å²) in [6, 6.07) is 18.7. The molecule has 0 amide bonds. The van der Waals surface area contributed by atoms with Crippen LogP contribution in [-0.4, -0.2) is 14.3 Å². The second-order valence-corrected chi connectivity index (χ2v) is 7.55. The Balaban J connectivity index is 1.54. The first-order valence-electron chi connectivity index (χ1n) is 9.02. The average Bonchev–Trinajstić information content (AvgIpc) is 3.14. The van der Waals surface area contributed by atoms with Crippen LogP contribution in [0.3, 0.4) is 0 Å². The number of fused-ring (bicyclic) bond motifs is 1. The Labute approximate surface area is 146 Å². The van der Waals surface area contributed by atoms with Crippen LogP contribution in [0.15, 0.2) is 59.4 Å². The summed E-state index contributed by atoms with van der Waals surface area (Å²) in [5.41, 5.74) is 3.70. The van der Waals surface area contributed by atoms with Gasteiger partial charge in [-0.1, -0.05) is 49.4 Å². The largest absolute Gasteiger partial charge is 0.351 e. The molecule has 126 valence electrons. The molecule has 4 nitrogen and oxygen atoms in total. The number of aromatic nitrogens is 3. The summed E-state index contributed by atoms with van der Waals surface area (Å²) in [7, 11) is 0. The number of nitrogens with zero attached hydrogens (tertiary/aromatic N) is 3. The maximum Gasteiger partial charge on any atom is 0.351 e. The molecule has 1 atom stereocenters. The van der Waals surface area contributed by atoms with Gasteiger partial charge in [-0.15, -0.1) is 5.10 Å². The maximum atomic E-state index is 13.0. The molecule has 0 saturated heterocycles. The molecular formula is C21H21N3O. The van der Waals surface area contributed by atoms with Gasteiger partial charge in [0.15, 0.2) is 0 Å². The monoisotopic (exact) mass is 331 g/mol. The normalized spacial score (nSPS) is 20.4. The molecule has 1 aromatic heterocycles. The molecule has 1 saturated carbocycles. The molecular weight excluding hydrogens is 310 g/mol. The third kappa shape index (κ3) is 2.28. The van der Waals surface area contributed by atoms with Gasteiger partial charge in [-0.3, -0.25) is 4.57 Å². The standard InChI is InChI=1S/C21H21N3O/c1-21(13-14-21)16-7-9-17(10-8-16)24-20(25)23-18(11-12-19(23)22-24)15-5-3-2-4-6-15/h2-10,18H,11-14H2,1H3/t18-/m0/s1. The van der Waals surface area contributed by atoms with Crippen LogP contribution in [0.1, 0.15) is 49.2 Å². The van der Waals surface area contributed by atoms with Crippen LogP contribution in [0.4, 0.5) is 0 Å². The van der Waals surface area contributed by atoms with E-state index < -0.39 is 0 Å². The van der Waals surface area contributed by atoms with Gasteiger partial charge in [-0.25, -0.2) is 4.79 Å². The van der Waals surface area contributed by atoms with Crippen LogP contribution in [0.2, 0.25) is 0 Å². The smallest absolute Gasteiger partial charge is 0.271 e. The first kappa shape index (κ1) is 14.7. The van der Waals surface area contributed by atoms with Crippen molar-refractivity contribution in [1.29, 1.82) is 0 Å². The summed E-state index contributed by atoms with van der Waals surface area (Å²) >= 11 is 0. The Morgan fingerprint density at radius 2 is 1.76 bits per heavy atom. The molecule has 2 aliphatic rings. The van der Waals surface area contributed by atoms with E-state index in [9.17, 15) is 4.79 Å². The first-order valence-corrected chi connectivity index (χ1v) is 9.02. The van der Waals surface area contributed by atoms with E-state index in [-0.39, 0.29) is 11.7 Å². The third-order valence-corrected chi connectivity index (χ3v) is 5.83. The lowest BCUT2D eigenvalue weighted by molar-refractivity contribution is 0.588. The fourth-order valence-electron chi connectivity index (χ4n) is 3.94. The van der Waals surface area contributed by atoms with Gasteiger partial charge in [0.1, 0.15) is 5.82 Å². The Bertz CT molecular complexity index is 978. The van der Waals surface area contributed by atoms with Gasteiger partial charge < -0.3 is 0 Å². The molecule has 1 aliphatic carbocycles. The van der Waals surface area contributed by atoms with E-state index >= 15 is 0 Å². The Morgan fingerprint density at radius 1 is 1.04 bits per heavy atom. The van der Waals surface area contributed by atoms with Gasteiger partial charge in [-0.05, 0) is 47.9 Å². The molecule has 0 bridgehead atoms. The maximum absolute atomic E-state index is 13.0. The topological polar surface area (TPSA) is 39.8 Å². The van der Waals surface area contributed by atoms with E-state index in [2.05, 4.69) is 36.3 Å². The number of aryl methyl sites for hydroxylation is 1. The van der Waals surface area contributed by atoms with E-state index in [1.807, 2.05) is 34.9 Å². The van der Waals surface area contributed by atoms with Crippen molar-refractivity contribution in [3.05, 3.63) is 82.0 Å². The fourth-order valence-corrected chi connectivity index (χ4v) is 3.94. The lowest BCUT2D eigenvalue weighted by Gasteiger charge is -2.12. The van der Waals surface area contributed by atoms with Crippen LogP contribution < -0.4 is 5.69 Å². The number of benzene rings is 2. The predicted octanol–water partition coefficient (Wildman–Crippen LogP) is 3.62. The van der Waals surface area contributed by atoms with Gasteiger partial charge in [0.05, 0.1) is 11.7 Å². The second-order valence-electron chi connectivity index (χ2n) is 7.55. The minimum absolute atomic E-state index is 0.0354. The van der Waals surface area contributed by atoms with Crippen LogP contribution in [0.25, 0.3) is 5.69 Å². The zero-order valence-electron chi connectivity index (χ0n) is 14.4. The molecule has 2 heterocycles. The molecule has 1 fully saturated rings. The molecule has 5 rings (SSSR count). The van der Waals surface area contributed by atoms with Crippen molar-refractivity contribution in [3.63, 3.8) is 0 Å². The van der Waals surface area contributed by atoms with Gasteiger partial charge >= 0.3 is 5.69 Å². The second kappa shape index (κ2) is 5.19. The quantitative estimate of drug-likeness (QED) is 0.735. The van der Waals surface area contributed by atoms with E-state index in [1.165, 1.54) is 24.0 Å². The summed E-state index contributed by atoms with van der Waals surface area (Å²) in [6.45, 7) is 2.30. The zero-order valence-corrected chi connectivity index (χ0v) is 14.4. The zero-order chi connectivity index (χ0) is 17.0. The molecule has 0 radical (unpaired) electrons. The summed E-state index contributed by atoms with van der Waals surface area (Å²) < 4.78 is 3.43. The molecule has 0 N–H and O–H groups in total. The lowest BCUT2D eigenvalue weighted by atomic mass is 9.98. The minimum atomic E-state index is -0.0354. The Hall–Kier alpha value is -2.62. The van der Waals surface area contributed by atoms with E-state index in [4.69, 9.17) is 0 Å². The number of rotatable bonds is 3. The third-order valence-electron chi connectivity index (χ3n) is 5.83. The van der Waals surface area contributed by atoms with Crippen molar-refractivity contribution >= 4 is 0 Å². The molecule has 0 spiro atoms. The lowest BCUT2D eigenvalue weighted by Crippen LogP contribution is -2.26. The minimum Gasteiger partial charge on any atom is -0.271 e. The van der Waals surface area contributed by atoms with E-state index in [1.54, 1.807) is 4.68 Å². The van der Waals surface area contributed by atoms with E-state index in [0.717, 1.165) is 24.4 Å². The summed E-state index contributed by atoms with van der Waals surface area (Å²) in [6.07, 6.45) is 4.30. The molecule has 25 heavy (non-hydrogen) atoms. The van der Waals surface area contributed by atoms with Crippen molar-refractivity contribution < 1.29 is 0 Å². The van der Waals surface area contributed by atoms with Gasteiger partial charge in [0.2, 0.25) is 0 Å². The Kier molecular flexibility index (Phi) is 3.05. The summed E-state index contributed by atoms with van der Waals surface area (Å²) in [5.74, 6) is 0.886. The molecule has 1 aliphatic heterocycles. The average molecular weight is 331 g/mol. The van der Waals surface area contributed by atoms with Crippen molar-refractivity contribution in [3.8, 4) is 5.69 Å². The summed E-state index contributed by atoms with van der Waals surface area (Å²) in [5, 5.41) is 4.61. The van der Waals surface area contributed by atoms with Gasteiger partial charge in [0, 0.05) is 6.42 Å².